The van der Waals surface area contributed by atoms with E-state index >= 15 is 0 Å². The van der Waals surface area contributed by atoms with Crippen molar-refractivity contribution in [2.75, 3.05) is 0 Å². The SMILES string of the molecule is C=C(O)NC(=O)NC(N)=O. The molecule has 0 aliphatic heterocycles. The molecule has 0 atom stereocenters. The first-order valence-corrected chi connectivity index (χ1v) is 2.27. The van der Waals surface area contributed by atoms with Crippen molar-refractivity contribution in [3.05, 3.63) is 12.5 Å². The third-order valence-corrected chi connectivity index (χ3v) is 0.495. The Morgan fingerprint density at radius 1 is 1.40 bits per heavy atom. The fraction of sp³-hybridized carbons (Fsp3) is 0. The summed E-state index contributed by atoms with van der Waals surface area (Å²) >= 11 is 0. The second-order valence-corrected chi connectivity index (χ2v) is 1.39. The normalized spacial score (nSPS) is 8.00. The molecule has 0 aromatic heterocycles. The van der Waals surface area contributed by atoms with E-state index < -0.39 is 17.9 Å². The highest BCUT2D eigenvalue weighted by Crippen LogP contribution is 1.71. The van der Waals surface area contributed by atoms with Gasteiger partial charge >= 0.3 is 12.1 Å². The van der Waals surface area contributed by atoms with Crippen LogP contribution in [0.4, 0.5) is 9.59 Å². The third-order valence-electron chi connectivity index (χ3n) is 0.495. The van der Waals surface area contributed by atoms with E-state index in [9.17, 15) is 9.59 Å². The quantitative estimate of drug-likeness (QED) is 0.370. The molecular formula is C4H7N3O3. The maximum atomic E-state index is 10.3. The Kier molecular flexibility index (Phi) is 2.76. The van der Waals surface area contributed by atoms with Crippen LogP contribution in [0.15, 0.2) is 12.5 Å². The number of nitrogens with one attached hydrogen (secondary N) is 2. The van der Waals surface area contributed by atoms with Crippen LogP contribution in [0.2, 0.25) is 0 Å². The molecule has 0 aromatic rings. The summed E-state index contributed by atoms with van der Waals surface area (Å²) < 4.78 is 0. The van der Waals surface area contributed by atoms with Crippen LogP contribution in [-0.4, -0.2) is 17.2 Å². The smallest absolute Gasteiger partial charge is 0.329 e. The van der Waals surface area contributed by atoms with E-state index in [2.05, 4.69) is 12.3 Å². The Morgan fingerprint density at radius 3 is 2.20 bits per heavy atom. The zero-order chi connectivity index (χ0) is 8.15. The molecule has 6 heteroatoms. The molecule has 56 valence electrons. The van der Waals surface area contributed by atoms with Gasteiger partial charge in [-0.2, -0.15) is 0 Å². The van der Waals surface area contributed by atoms with Crippen LogP contribution >= 0.6 is 0 Å². The van der Waals surface area contributed by atoms with Gasteiger partial charge < -0.3 is 10.8 Å². The number of hydrogen-bond donors (Lipinski definition) is 4. The number of carbonyl (C=O) groups is 2. The van der Waals surface area contributed by atoms with Crippen molar-refractivity contribution in [3.63, 3.8) is 0 Å². The summed E-state index contributed by atoms with van der Waals surface area (Å²) in [6.07, 6.45) is 0. The van der Waals surface area contributed by atoms with Crippen LogP contribution in [-0.2, 0) is 0 Å². The molecule has 10 heavy (non-hydrogen) atoms. The van der Waals surface area contributed by atoms with E-state index in [1.165, 1.54) is 0 Å². The van der Waals surface area contributed by atoms with Crippen molar-refractivity contribution in [1.29, 1.82) is 0 Å². The zero-order valence-corrected chi connectivity index (χ0v) is 5.05. The highest BCUT2D eigenvalue weighted by atomic mass is 16.3. The highest BCUT2D eigenvalue weighted by Gasteiger charge is 2.01. The first-order valence-electron chi connectivity index (χ1n) is 2.27. The lowest BCUT2D eigenvalue weighted by Crippen LogP contribution is -2.41. The minimum absolute atomic E-state index is 0.557. The summed E-state index contributed by atoms with van der Waals surface area (Å²) in [6.45, 7) is 2.93. The minimum Gasteiger partial charge on any atom is -0.495 e. The topological polar surface area (TPSA) is 104 Å². The molecule has 0 heterocycles. The number of nitrogens with two attached hydrogens (primary N) is 1. The van der Waals surface area contributed by atoms with Crippen LogP contribution in [0.3, 0.4) is 0 Å². The van der Waals surface area contributed by atoms with Crippen molar-refractivity contribution in [3.8, 4) is 0 Å². The molecular weight excluding hydrogens is 138 g/mol. The average Bonchev–Trinajstić information content (AvgIpc) is 1.58. The van der Waals surface area contributed by atoms with Gasteiger partial charge in [-0.15, -0.1) is 0 Å². The predicted molar refractivity (Wildman–Crippen MR) is 33.0 cm³/mol. The first kappa shape index (κ1) is 8.28. The molecule has 6 nitrogen and oxygen atoms in total. The Morgan fingerprint density at radius 2 is 1.90 bits per heavy atom. The van der Waals surface area contributed by atoms with E-state index in [1.54, 1.807) is 10.6 Å². The summed E-state index contributed by atoms with van der Waals surface area (Å²) in [5.41, 5.74) is 4.55. The van der Waals surface area contributed by atoms with Gasteiger partial charge in [0.1, 0.15) is 0 Å². The van der Waals surface area contributed by atoms with E-state index in [1.807, 2.05) is 0 Å². The first-order chi connectivity index (χ1) is 4.52. The number of aliphatic hydroxyl groups is 1. The number of hydrogen-bond acceptors (Lipinski definition) is 3. The summed E-state index contributed by atoms with van der Waals surface area (Å²) in [6, 6.07) is -1.92. The Hall–Kier alpha value is -1.72. The Balaban J connectivity index is 3.65. The van der Waals surface area contributed by atoms with Gasteiger partial charge in [0.15, 0.2) is 5.88 Å². The summed E-state index contributed by atoms with van der Waals surface area (Å²) in [4.78, 5) is 20.3. The van der Waals surface area contributed by atoms with Gasteiger partial charge in [0.25, 0.3) is 0 Å². The van der Waals surface area contributed by atoms with E-state index in [0.29, 0.717) is 0 Å². The van der Waals surface area contributed by atoms with Crippen LogP contribution in [0.1, 0.15) is 0 Å². The van der Waals surface area contributed by atoms with Crippen molar-refractivity contribution in [1.82, 2.24) is 10.6 Å². The van der Waals surface area contributed by atoms with E-state index in [-0.39, 0.29) is 0 Å². The molecule has 0 unspecified atom stereocenters. The second-order valence-electron chi connectivity index (χ2n) is 1.39. The molecule has 5 N–H and O–H groups in total. The largest absolute Gasteiger partial charge is 0.495 e. The lowest BCUT2D eigenvalue weighted by atomic mass is 10.8. The fourth-order valence-corrected chi connectivity index (χ4v) is 0.274. The van der Waals surface area contributed by atoms with Gasteiger partial charge in [-0.1, -0.05) is 0 Å². The van der Waals surface area contributed by atoms with Crippen LogP contribution < -0.4 is 16.4 Å². The molecule has 0 saturated carbocycles. The number of carbonyl (C=O) groups excluding carboxylic acids is 2. The number of rotatable bonds is 1. The predicted octanol–water partition coefficient (Wildman–Crippen LogP) is -0.607. The minimum atomic E-state index is -1.00. The van der Waals surface area contributed by atoms with Gasteiger partial charge in [-0.25, -0.2) is 9.59 Å². The maximum absolute atomic E-state index is 10.3. The molecule has 0 spiro atoms. The molecule has 0 saturated heterocycles. The van der Waals surface area contributed by atoms with E-state index in [4.69, 9.17) is 5.11 Å². The van der Waals surface area contributed by atoms with Gasteiger partial charge in [-0.05, 0) is 6.58 Å². The zero-order valence-electron chi connectivity index (χ0n) is 5.05. The molecule has 0 aliphatic carbocycles. The monoisotopic (exact) mass is 145 g/mol. The van der Waals surface area contributed by atoms with Crippen LogP contribution in [0.25, 0.3) is 0 Å². The van der Waals surface area contributed by atoms with E-state index in [0.717, 1.165) is 0 Å². The standard InChI is InChI=1S/C4H7N3O3/c1-2(8)6-4(10)7-3(5)9/h8H,1H2,(H4,5,6,7,9,10). The molecule has 0 radical (unpaired) electrons. The summed E-state index contributed by atoms with van der Waals surface area (Å²) in [5.74, 6) is -0.557. The van der Waals surface area contributed by atoms with Crippen molar-refractivity contribution < 1.29 is 14.7 Å². The fourth-order valence-electron chi connectivity index (χ4n) is 0.274. The average molecular weight is 145 g/mol. The summed E-state index contributed by atoms with van der Waals surface area (Å²) in [7, 11) is 0. The molecule has 0 rings (SSSR count). The lowest BCUT2D eigenvalue weighted by Gasteiger charge is -2.00. The maximum Gasteiger partial charge on any atom is 0.329 e. The molecule has 0 bridgehead atoms. The molecule has 0 fully saturated rings. The van der Waals surface area contributed by atoms with Crippen molar-refractivity contribution in [2.45, 2.75) is 0 Å². The number of amides is 4. The molecule has 0 aliphatic rings. The van der Waals surface area contributed by atoms with Gasteiger partial charge in [0, 0.05) is 0 Å². The molecule has 0 aromatic carbocycles. The van der Waals surface area contributed by atoms with Crippen molar-refractivity contribution in [2.24, 2.45) is 5.73 Å². The Labute approximate surface area is 56.7 Å². The molecule has 4 amide bonds. The van der Waals surface area contributed by atoms with Gasteiger partial charge in [-0.3, -0.25) is 10.6 Å². The Bertz CT molecular complexity index is 159. The number of aliphatic hydroxyl groups excluding tert-OH is 1. The van der Waals surface area contributed by atoms with Crippen molar-refractivity contribution >= 4 is 12.1 Å². The number of urea groups is 2. The van der Waals surface area contributed by atoms with Crippen LogP contribution in [0.5, 0.6) is 0 Å². The number of primary amides is 1. The van der Waals surface area contributed by atoms with Gasteiger partial charge in [0.05, 0.1) is 0 Å². The van der Waals surface area contributed by atoms with Gasteiger partial charge in [0.2, 0.25) is 0 Å². The third kappa shape index (κ3) is 4.44. The highest BCUT2D eigenvalue weighted by molar-refractivity contribution is 5.92. The van der Waals surface area contributed by atoms with Crippen LogP contribution in [0, 0.1) is 0 Å². The number of imide groups is 1. The summed E-state index contributed by atoms with van der Waals surface area (Å²) in [5, 5.41) is 11.7. The lowest BCUT2D eigenvalue weighted by molar-refractivity contribution is 0.229. The second kappa shape index (κ2) is 3.33.